The summed E-state index contributed by atoms with van der Waals surface area (Å²) in [7, 11) is -0.819. The van der Waals surface area contributed by atoms with Crippen LogP contribution in [0.25, 0.3) is 10.8 Å². The van der Waals surface area contributed by atoms with Gasteiger partial charge in [0, 0.05) is 33.6 Å². The Bertz CT molecular complexity index is 2420. The zero-order chi connectivity index (χ0) is 39.8. The van der Waals surface area contributed by atoms with Crippen LogP contribution in [0.4, 0.5) is 17.1 Å². The summed E-state index contributed by atoms with van der Waals surface area (Å²) in [6.45, 7) is 7.60. The Labute approximate surface area is 342 Å². The fourth-order valence-corrected chi connectivity index (χ4v) is 14.8. The zero-order valence-corrected chi connectivity index (χ0v) is 35.2. The molecule has 5 aromatic rings. The molecule has 0 saturated carbocycles. The molecule has 5 atom stereocenters. The van der Waals surface area contributed by atoms with Crippen molar-refractivity contribution in [1.82, 2.24) is 4.90 Å². The molecule has 1 N–H and O–H groups in total. The maximum Gasteiger partial charge on any atom is 0.264 e. The van der Waals surface area contributed by atoms with Gasteiger partial charge in [-0.05, 0) is 83.9 Å². The fraction of sp³-hybridized carbons (Fsp3) is 0.326. The minimum atomic E-state index is -2.47. The molecule has 2 saturated heterocycles. The van der Waals surface area contributed by atoms with E-state index in [0.717, 1.165) is 62.0 Å². The van der Waals surface area contributed by atoms with Gasteiger partial charge in [-0.1, -0.05) is 89.7 Å². The summed E-state index contributed by atoms with van der Waals surface area (Å²) in [5, 5.41) is 13.3. The van der Waals surface area contributed by atoms with E-state index in [0.29, 0.717) is 18.7 Å². The molecule has 1 spiro atoms. The number of aliphatic hydroxyl groups is 1. The molecule has 0 bridgehead atoms. The summed E-state index contributed by atoms with van der Waals surface area (Å²) in [4.78, 5) is 48.5. The van der Waals surface area contributed by atoms with Crippen molar-refractivity contribution in [2.75, 3.05) is 30.1 Å². The van der Waals surface area contributed by atoms with E-state index in [1.807, 2.05) is 101 Å². The standard InChI is InChI=1S/C46H46BrN3O6Si/c1-28-43(57(3,4)35-20-18-34(55-2)19-21-35)40(25-41(52)48-23-7-10-33(48)27-51)56-46(28)37-24-31(47)15-22-38(37)49(45(46)54)26-29-13-16-32(17-14-29)50-39-12-6-9-30-8-5-11-36(42(30)39)44(50)53/h5-6,8-9,11-22,24,28,33,40,43,51H,7,10,23,25-27H2,1-4H3/t28-,33+,40+,43-,46+/m1/s1. The van der Waals surface area contributed by atoms with Gasteiger partial charge in [0.2, 0.25) is 5.91 Å². The number of rotatable bonds is 9. The zero-order valence-electron chi connectivity index (χ0n) is 32.6. The van der Waals surface area contributed by atoms with Gasteiger partial charge in [-0.3, -0.25) is 19.3 Å². The SMILES string of the molecule is COc1ccc([Si](C)(C)[C@H]2[C@H](CC(=O)N3CCC[C@H]3CO)O[C@@]3(C(=O)N(Cc4ccc(N5C(=O)c6cccc7cccc5c67)cc4)c4ccc(Br)cc43)[C@@H]2C)cc1. The van der Waals surface area contributed by atoms with Gasteiger partial charge >= 0.3 is 0 Å². The number of hydrogen-bond acceptors (Lipinski definition) is 6. The topological polar surface area (TPSA) is 99.6 Å². The van der Waals surface area contributed by atoms with Crippen LogP contribution in [0.1, 0.15) is 47.7 Å². The fourth-order valence-electron chi connectivity index (χ4n) is 10.4. The molecule has 57 heavy (non-hydrogen) atoms. The highest BCUT2D eigenvalue weighted by atomic mass is 79.9. The second-order valence-electron chi connectivity index (χ2n) is 16.5. The van der Waals surface area contributed by atoms with Crippen LogP contribution in [-0.4, -0.2) is 68.2 Å². The number of carbonyl (C=O) groups excluding carboxylic acids is 3. The molecule has 11 heteroatoms. The molecule has 3 amide bonds. The summed E-state index contributed by atoms with van der Waals surface area (Å²) in [6, 6.07) is 33.6. The molecule has 4 heterocycles. The number of hydrogen-bond donors (Lipinski definition) is 1. The lowest BCUT2D eigenvalue weighted by molar-refractivity contribution is -0.150. The summed E-state index contributed by atoms with van der Waals surface area (Å²) < 4.78 is 13.6. The molecule has 4 aliphatic heterocycles. The van der Waals surface area contributed by atoms with E-state index < -0.39 is 19.8 Å². The van der Waals surface area contributed by atoms with Crippen molar-refractivity contribution in [2.45, 2.75) is 69.1 Å². The number of methoxy groups -OCH3 is 1. The van der Waals surface area contributed by atoms with Crippen LogP contribution in [0.15, 0.2) is 108 Å². The van der Waals surface area contributed by atoms with Crippen LogP contribution in [0.3, 0.4) is 0 Å². The Kier molecular flexibility index (Phi) is 9.42. The quantitative estimate of drug-likeness (QED) is 0.151. The van der Waals surface area contributed by atoms with E-state index in [1.165, 1.54) is 5.19 Å². The molecular weight excluding hydrogens is 799 g/mol. The smallest absolute Gasteiger partial charge is 0.264 e. The number of anilines is 3. The third-order valence-electron chi connectivity index (χ3n) is 13.2. The van der Waals surface area contributed by atoms with Gasteiger partial charge in [0.25, 0.3) is 11.8 Å². The van der Waals surface area contributed by atoms with Gasteiger partial charge in [-0.2, -0.15) is 0 Å². The molecule has 9 rings (SSSR count). The number of ether oxygens (including phenoxy) is 2. The number of likely N-dealkylation sites (tertiary alicyclic amines) is 1. The maximum atomic E-state index is 15.3. The van der Waals surface area contributed by atoms with Gasteiger partial charge in [-0.25, -0.2) is 0 Å². The third-order valence-corrected chi connectivity index (χ3v) is 18.0. The molecule has 0 aromatic heterocycles. The van der Waals surface area contributed by atoms with Gasteiger partial charge in [0.05, 0.1) is 63.8 Å². The van der Waals surface area contributed by atoms with Crippen molar-refractivity contribution < 1.29 is 29.0 Å². The second kappa shape index (κ2) is 14.2. The first kappa shape index (κ1) is 37.7. The molecule has 2 fully saturated rings. The van der Waals surface area contributed by atoms with E-state index in [-0.39, 0.29) is 48.3 Å². The Balaban J connectivity index is 1.06. The van der Waals surface area contributed by atoms with Crippen LogP contribution in [0.2, 0.25) is 18.6 Å². The van der Waals surface area contributed by atoms with Gasteiger partial charge in [0.1, 0.15) is 5.75 Å². The highest BCUT2D eigenvalue weighted by Gasteiger charge is 2.66. The van der Waals surface area contributed by atoms with Crippen molar-refractivity contribution in [3.8, 4) is 5.75 Å². The van der Waals surface area contributed by atoms with Crippen molar-refractivity contribution in [1.29, 1.82) is 0 Å². The van der Waals surface area contributed by atoms with Crippen molar-refractivity contribution >= 4 is 74.7 Å². The summed E-state index contributed by atoms with van der Waals surface area (Å²) in [5.41, 5.74) is 3.38. The molecule has 292 valence electrons. The summed E-state index contributed by atoms with van der Waals surface area (Å²) in [6.07, 6.45) is 1.23. The molecule has 5 aromatic carbocycles. The number of carbonyl (C=O) groups is 3. The van der Waals surface area contributed by atoms with Gasteiger partial charge < -0.3 is 24.4 Å². The highest BCUT2D eigenvalue weighted by molar-refractivity contribution is 9.10. The van der Waals surface area contributed by atoms with Crippen molar-refractivity contribution in [2.24, 2.45) is 5.92 Å². The molecule has 4 aliphatic rings. The molecular formula is C46H46BrN3O6Si. The van der Waals surface area contributed by atoms with E-state index in [9.17, 15) is 14.7 Å². The Morgan fingerprint density at radius 1 is 0.965 bits per heavy atom. The lowest BCUT2D eigenvalue weighted by atomic mass is 9.82. The van der Waals surface area contributed by atoms with Crippen molar-refractivity contribution in [3.63, 3.8) is 0 Å². The van der Waals surface area contributed by atoms with Crippen LogP contribution < -0.4 is 19.7 Å². The first-order valence-corrected chi connectivity index (χ1v) is 23.6. The second-order valence-corrected chi connectivity index (χ2v) is 22.1. The first-order valence-electron chi connectivity index (χ1n) is 19.8. The number of nitrogens with zero attached hydrogens (tertiary/aromatic N) is 3. The number of aliphatic hydroxyl groups excluding tert-OH is 1. The molecule has 0 aliphatic carbocycles. The Morgan fingerprint density at radius 2 is 1.70 bits per heavy atom. The summed E-state index contributed by atoms with van der Waals surface area (Å²) >= 11 is 3.70. The number of fused-ring (bicyclic) bond motifs is 2. The van der Waals surface area contributed by atoms with E-state index in [4.69, 9.17) is 9.47 Å². The monoisotopic (exact) mass is 843 g/mol. The molecule has 9 nitrogen and oxygen atoms in total. The average Bonchev–Trinajstić information content (AvgIpc) is 3.95. The number of benzene rings is 5. The van der Waals surface area contributed by atoms with E-state index in [1.54, 1.807) is 12.0 Å². The number of halogens is 1. The maximum absolute atomic E-state index is 15.3. The van der Waals surface area contributed by atoms with Gasteiger partial charge in [-0.15, -0.1) is 0 Å². The predicted octanol–water partition coefficient (Wildman–Crippen LogP) is 8.04. The van der Waals surface area contributed by atoms with E-state index in [2.05, 4.69) is 48.1 Å². The van der Waals surface area contributed by atoms with Gasteiger partial charge in [0.15, 0.2) is 5.60 Å². The lowest BCUT2D eigenvalue weighted by Gasteiger charge is -2.37. The highest BCUT2D eigenvalue weighted by Crippen LogP contribution is 2.60. The van der Waals surface area contributed by atoms with Crippen LogP contribution in [0, 0.1) is 5.92 Å². The van der Waals surface area contributed by atoms with Crippen LogP contribution in [0.5, 0.6) is 5.75 Å². The Hall–Kier alpha value is -4.81. The predicted molar refractivity (Wildman–Crippen MR) is 228 cm³/mol. The average molecular weight is 845 g/mol. The summed E-state index contributed by atoms with van der Waals surface area (Å²) in [5.74, 6) is 0.258. The Morgan fingerprint density at radius 3 is 2.42 bits per heavy atom. The largest absolute Gasteiger partial charge is 0.497 e. The normalized spacial score (nSPS) is 24.0. The molecule has 0 radical (unpaired) electrons. The molecule has 0 unspecified atom stereocenters. The van der Waals surface area contributed by atoms with Crippen molar-refractivity contribution in [3.05, 3.63) is 124 Å². The van der Waals surface area contributed by atoms with Crippen LogP contribution in [-0.2, 0) is 26.5 Å². The third kappa shape index (κ3) is 5.87. The number of amides is 3. The van der Waals surface area contributed by atoms with E-state index >= 15 is 4.79 Å². The van der Waals surface area contributed by atoms with Crippen LogP contribution >= 0.6 is 15.9 Å². The lowest BCUT2D eigenvalue weighted by Crippen LogP contribution is -2.52. The minimum Gasteiger partial charge on any atom is -0.497 e. The first-order chi connectivity index (χ1) is 27.5. The minimum absolute atomic E-state index is 0.0435.